The van der Waals surface area contributed by atoms with Gasteiger partial charge in [-0.1, -0.05) is 18.2 Å². The number of nitrogens with one attached hydrogen (secondary N) is 1. The molecule has 1 saturated carbocycles. The molecule has 1 amide bonds. The van der Waals surface area contributed by atoms with Crippen molar-refractivity contribution in [1.29, 1.82) is 0 Å². The van der Waals surface area contributed by atoms with Crippen molar-refractivity contribution in [3.8, 4) is 0 Å². The zero-order valence-electron chi connectivity index (χ0n) is 14.4. The normalized spacial score (nSPS) is 22.2. The van der Waals surface area contributed by atoms with E-state index in [1.165, 1.54) is 12.5 Å². The van der Waals surface area contributed by atoms with E-state index in [-0.39, 0.29) is 17.4 Å². The summed E-state index contributed by atoms with van der Waals surface area (Å²) < 4.78 is 33.1. The van der Waals surface area contributed by atoms with Gasteiger partial charge in [0.1, 0.15) is 6.26 Å². The molecule has 2 heterocycles. The molecule has 2 aromatic rings. The maximum Gasteiger partial charge on any atom is 0.257 e. The molecule has 1 unspecified atom stereocenters. The highest BCUT2D eigenvalue weighted by molar-refractivity contribution is 7.89. The fourth-order valence-corrected chi connectivity index (χ4v) is 5.45. The van der Waals surface area contributed by atoms with E-state index < -0.39 is 10.0 Å². The van der Waals surface area contributed by atoms with E-state index >= 15 is 0 Å². The minimum Gasteiger partial charge on any atom is -0.472 e. The topological polar surface area (TPSA) is 79.6 Å². The van der Waals surface area contributed by atoms with Crippen LogP contribution in [0.4, 0.5) is 0 Å². The maximum atomic E-state index is 12.6. The molecule has 1 aromatic heterocycles. The molecule has 0 radical (unpaired) electrons. The Balaban J connectivity index is 1.41. The van der Waals surface area contributed by atoms with Crippen LogP contribution in [0.3, 0.4) is 0 Å². The third-order valence-electron chi connectivity index (χ3n) is 5.84. The molecule has 2 aliphatic rings. The Bertz CT molecular complexity index is 870. The molecule has 1 atom stereocenters. The molecule has 1 aliphatic heterocycles. The summed E-state index contributed by atoms with van der Waals surface area (Å²) in [5, 5.41) is 0. The summed E-state index contributed by atoms with van der Waals surface area (Å²) in [6.07, 6.45) is 6.45. The van der Waals surface area contributed by atoms with Gasteiger partial charge in [-0.2, -0.15) is 0 Å². The Kier molecular flexibility index (Phi) is 4.36. The average molecular weight is 374 g/mol. The summed E-state index contributed by atoms with van der Waals surface area (Å²) in [4.78, 5) is 14.6. The van der Waals surface area contributed by atoms with Crippen molar-refractivity contribution in [2.45, 2.75) is 36.6 Å². The number of sulfonamides is 1. The smallest absolute Gasteiger partial charge is 0.257 e. The van der Waals surface area contributed by atoms with Crippen molar-refractivity contribution >= 4 is 15.9 Å². The van der Waals surface area contributed by atoms with E-state index in [1.807, 2.05) is 4.90 Å². The van der Waals surface area contributed by atoms with Crippen LogP contribution in [-0.2, 0) is 10.0 Å². The highest BCUT2D eigenvalue weighted by Crippen LogP contribution is 2.49. The number of nitrogens with zero attached hydrogens (tertiary/aromatic N) is 1. The minimum atomic E-state index is -3.50. The quantitative estimate of drug-likeness (QED) is 0.892. The number of rotatable bonds is 4. The first-order valence-electron chi connectivity index (χ1n) is 8.89. The van der Waals surface area contributed by atoms with Crippen LogP contribution in [-0.4, -0.2) is 38.4 Å². The van der Waals surface area contributed by atoms with Crippen molar-refractivity contribution in [3.63, 3.8) is 0 Å². The second kappa shape index (κ2) is 6.55. The van der Waals surface area contributed by atoms with Crippen molar-refractivity contribution in [2.75, 3.05) is 13.1 Å². The van der Waals surface area contributed by atoms with Crippen LogP contribution in [0.2, 0.25) is 0 Å². The first kappa shape index (κ1) is 17.3. The monoisotopic (exact) mass is 374 g/mol. The lowest BCUT2D eigenvalue weighted by Crippen LogP contribution is -2.59. The number of hydrogen-bond donors (Lipinski definition) is 1. The molecule has 1 saturated heterocycles. The molecule has 26 heavy (non-hydrogen) atoms. The van der Waals surface area contributed by atoms with Crippen LogP contribution in [0.25, 0.3) is 0 Å². The molecule has 4 rings (SSSR count). The highest BCUT2D eigenvalue weighted by Gasteiger charge is 2.50. The van der Waals surface area contributed by atoms with Crippen molar-refractivity contribution in [2.24, 2.45) is 5.41 Å². The summed E-state index contributed by atoms with van der Waals surface area (Å²) in [5.74, 6) is -0.0191. The second-order valence-electron chi connectivity index (χ2n) is 7.19. The van der Waals surface area contributed by atoms with Gasteiger partial charge in [-0.3, -0.25) is 4.79 Å². The molecule has 6 nitrogen and oxygen atoms in total. The molecule has 138 valence electrons. The highest BCUT2D eigenvalue weighted by atomic mass is 32.2. The first-order valence-corrected chi connectivity index (χ1v) is 10.4. The third kappa shape index (κ3) is 3.05. The van der Waals surface area contributed by atoms with Crippen molar-refractivity contribution in [1.82, 2.24) is 9.62 Å². The molecule has 1 spiro atoms. The number of carbonyl (C=O) groups is 1. The Morgan fingerprint density at radius 3 is 2.42 bits per heavy atom. The van der Waals surface area contributed by atoms with Gasteiger partial charge in [-0.25, -0.2) is 13.1 Å². The van der Waals surface area contributed by atoms with E-state index in [2.05, 4.69) is 4.72 Å². The Hall–Kier alpha value is -2.12. The van der Waals surface area contributed by atoms with Gasteiger partial charge in [0.25, 0.3) is 5.91 Å². The van der Waals surface area contributed by atoms with E-state index in [0.29, 0.717) is 23.5 Å². The average Bonchev–Trinajstić information content (AvgIpc) is 3.20. The summed E-state index contributed by atoms with van der Waals surface area (Å²) in [6, 6.07) is 10.1. The van der Waals surface area contributed by atoms with E-state index in [1.54, 1.807) is 36.4 Å². The zero-order chi connectivity index (χ0) is 18.2. The van der Waals surface area contributed by atoms with Gasteiger partial charge in [0.05, 0.1) is 16.7 Å². The lowest BCUT2D eigenvalue weighted by molar-refractivity contribution is 0.00507. The molecule has 1 aromatic carbocycles. The third-order valence-corrected chi connectivity index (χ3v) is 7.32. The van der Waals surface area contributed by atoms with Crippen LogP contribution in [0.1, 0.15) is 36.0 Å². The Labute approximate surface area is 153 Å². The zero-order valence-corrected chi connectivity index (χ0v) is 15.2. The number of benzene rings is 1. The molecular weight excluding hydrogens is 352 g/mol. The lowest BCUT2D eigenvalue weighted by atomic mass is 9.59. The SMILES string of the molecule is O=C(c1ccoc1)N1CCC2(CCC2NS(=O)(=O)c2ccccc2)CC1. The predicted molar refractivity (Wildman–Crippen MR) is 96.1 cm³/mol. The van der Waals surface area contributed by atoms with Crippen molar-refractivity contribution in [3.05, 3.63) is 54.5 Å². The summed E-state index contributed by atoms with van der Waals surface area (Å²) in [7, 11) is -3.50. The van der Waals surface area contributed by atoms with Crippen molar-refractivity contribution < 1.29 is 17.6 Å². The van der Waals surface area contributed by atoms with Gasteiger partial charge in [-0.15, -0.1) is 0 Å². The number of furan rings is 1. The first-order chi connectivity index (χ1) is 12.5. The van der Waals surface area contributed by atoms with Gasteiger partial charge in [0.2, 0.25) is 10.0 Å². The maximum absolute atomic E-state index is 12.6. The standard InChI is InChI=1S/C19H22N2O4S/c22-18(15-7-13-25-14-15)21-11-9-19(10-12-21)8-6-17(19)20-26(23,24)16-4-2-1-3-5-16/h1-5,7,13-14,17,20H,6,8-12H2. The molecule has 7 heteroatoms. The van der Waals surface area contributed by atoms with Gasteiger partial charge in [0, 0.05) is 19.1 Å². The van der Waals surface area contributed by atoms with Crippen LogP contribution >= 0.6 is 0 Å². The number of amides is 1. The van der Waals surface area contributed by atoms with E-state index in [4.69, 9.17) is 4.42 Å². The summed E-state index contributed by atoms with van der Waals surface area (Å²) in [5.41, 5.74) is 0.533. The van der Waals surface area contributed by atoms with Crippen LogP contribution in [0.5, 0.6) is 0 Å². The Morgan fingerprint density at radius 2 is 1.85 bits per heavy atom. The van der Waals surface area contributed by atoms with Crippen LogP contribution in [0, 0.1) is 5.41 Å². The predicted octanol–water partition coefficient (Wildman–Crippen LogP) is 2.64. The fourth-order valence-electron chi connectivity index (χ4n) is 4.06. The molecule has 2 fully saturated rings. The summed E-state index contributed by atoms with van der Waals surface area (Å²) in [6.45, 7) is 1.29. The number of likely N-dealkylation sites (tertiary alicyclic amines) is 1. The van der Waals surface area contributed by atoms with E-state index in [0.717, 1.165) is 25.7 Å². The minimum absolute atomic E-state index is 0.0191. The van der Waals surface area contributed by atoms with Gasteiger partial charge in [0.15, 0.2) is 0 Å². The van der Waals surface area contributed by atoms with Crippen LogP contribution < -0.4 is 4.72 Å². The van der Waals surface area contributed by atoms with Gasteiger partial charge >= 0.3 is 0 Å². The number of hydrogen-bond acceptors (Lipinski definition) is 4. The number of carbonyl (C=O) groups excluding carboxylic acids is 1. The lowest BCUT2D eigenvalue weighted by Gasteiger charge is -2.53. The largest absolute Gasteiger partial charge is 0.472 e. The molecule has 0 bridgehead atoms. The van der Waals surface area contributed by atoms with Gasteiger partial charge < -0.3 is 9.32 Å². The molecular formula is C19H22N2O4S. The summed E-state index contributed by atoms with van der Waals surface area (Å²) >= 11 is 0. The van der Waals surface area contributed by atoms with Crippen LogP contribution in [0.15, 0.2) is 58.2 Å². The molecule has 1 aliphatic carbocycles. The van der Waals surface area contributed by atoms with Gasteiger partial charge in [-0.05, 0) is 49.3 Å². The Morgan fingerprint density at radius 1 is 1.12 bits per heavy atom. The molecule has 1 N–H and O–H groups in total. The fraction of sp³-hybridized carbons (Fsp3) is 0.421. The van der Waals surface area contributed by atoms with E-state index in [9.17, 15) is 13.2 Å². The number of piperidine rings is 1. The second-order valence-corrected chi connectivity index (χ2v) is 8.91.